The van der Waals surface area contributed by atoms with Gasteiger partial charge in [0.15, 0.2) is 0 Å². The van der Waals surface area contributed by atoms with Gasteiger partial charge in [0, 0.05) is 37.4 Å². The Kier molecular flexibility index (Phi) is 6.10. The number of carbonyl (C=O) groups excluding carboxylic acids is 2. The SMILES string of the molecule is O=C(/C=C/c1ccccc1)N1CCC2(CC1)SCCN2C(=O)C1CCCCC1. The van der Waals surface area contributed by atoms with Gasteiger partial charge in [-0.2, -0.15) is 0 Å². The molecule has 1 aromatic carbocycles. The maximum atomic E-state index is 13.2. The first-order valence-electron chi connectivity index (χ1n) is 10.7. The Morgan fingerprint density at radius 2 is 1.71 bits per heavy atom. The molecule has 150 valence electrons. The van der Waals surface area contributed by atoms with Crippen LogP contribution in [-0.4, -0.2) is 51.9 Å². The van der Waals surface area contributed by atoms with Crippen LogP contribution in [0.3, 0.4) is 0 Å². The summed E-state index contributed by atoms with van der Waals surface area (Å²) in [6.45, 7) is 2.35. The zero-order chi connectivity index (χ0) is 19.4. The number of likely N-dealkylation sites (tertiary alicyclic amines) is 1. The summed E-state index contributed by atoms with van der Waals surface area (Å²) in [5.41, 5.74) is 1.04. The molecule has 0 aromatic heterocycles. The van der Waals surface area contributed by atoms with E-state index in [9.17, 15) is 9.59 Å². The fourth-order valence-electron chi connectivity index (χ4n) is 4.82. The van der Waals surface area contributed by atoms with Crippen LogP contribution in [0.25, 0.3) is 6.08 Å². The molecular weight excluding hydrogens is 368 g/mol. The first-order valence-corrected chi connectivity index (χ1v) is 11.6. The minimum atomic E-state index is -0.0749. The highest BCUT2D eigenvalue weighted by atomic mass is 32.2. The molecule has 0 atom stereocenters. The second-order valence-electron chi connectivity index (χ2n) is 8.19. The van der Waals surface area contributed by atoms with E-state index in [4.69, 9.17) is 0 Å². The molecule has 5 heteroatoms. The lowest BCUT2D eigenvalue weighted by molar-refractivity contribution is -0.140. The number of carbonyl (C=O) groups is 2. The highest BCUT2D eigenvalue weighted by molar-refractivity contribution is 8.00. The van der Waals surface area contributed by atoms with Crippen molar-refractivity contribution in [2.75, 3.05) is 25.4 Å². The monoisotopic (exact) mass is 398 g/mol. The maximum Gasteiger partial charge on any atom is 0.246 e. The van der Waals surface area contributed by atoms with Gasteiger partial charge in [0.1, 0.15) is 0 Å². The van der Waals surface area contributed by atoms with E-state index >= 15 is 0 Å². The predicted octanol–water partition coefficient (Wildman–Crippen LogP) is 4.17. The van der Waals surface area contributed by atoms with E-state index in [1.165, 1.54) is 19.3 Å². The molecular formula is C23H30N2O2S. The van der Waals surface area contributed by atoms with Gasteiger partial charge in [0.25, 0.3) is 0 Å². The third-order valence-electron chi connectivity index (χ3n) is 6.47. The van der Waals surface area contributed by atoms with Crippen molar-refractivity contribution in [1.29, 1.82) is 0 Å². The van der Waals surface area contributed by atoms with Crippen molar-refractivity contribution >= 4 is 29.7 Å². The lowest BCUT2D eigenvalue weighted by Gasteiger charge is -2.45. The molecule has 4 rings (SSSR count). The molecule has 3 aliphatic rings. The van der Waals surface area contributed by atoms with E-state index in [1.807, 2.05) is 53.1 Å². The number of piperidine rings is 1. The summed E-state index contributed by atoms with van der Waals surface area (Å²) in [6, 6.07) is 9.93. The van der Waals surface area contributed by atoms with Crippen molar-refractivity contribution in [3.8, 4) is 0 Å². The Hall–Kier alpha value is -1.75. The van der Waals surface area contributed by atoms with E-state index in [0.29, 0.717) is 5.91 Å². The molecule has 1 saturated carbocycles. The highest BCUT2D eigenvalue weighted by Crippen LogP contribution is 2.45. The number of benzene rings is 1. The summed E-state index contributed by atoms with van der Waals surface area (Å²) < 4.78 is 0. The normalized spacial score (nSPS) is 22.9. The van der Waals surface area contributed by atoms with Gasteiger partial charge in [-0.1, -0.05) is 49.6 Å². The first-order chi connectivity index (χ1) is 13.7. The summed E-state index contributed by atoms with van der Waals surface area (Å²) >= 11 is 1.94. The highest BCUT2D eigenvalue weighted by Gasteiger charge is 2.47. The van der Waals surface area contributed by atoms with Crippen LogP contribution in [0.1, 0.15) is 50.5 Å². The van der Waals surface area contributed by atoms with Crippen LogP contribution in [-0.2, 0) is 9.59 Å². The minimum absolute atomic E-state index is 0.0749. The molecule has 2 aliphatic heterocycles. The summed E-state index contributed by atoms with van der Waals surface area (Å²) in [5.74, 6) is 1.72. The van der Waals surface area contributed by atoms with Crippen molar-refractivity contribution in [2.45, 2.75) is 49.8 Å². The molecule has 3 fully saturated rings. The second-order valence-corrected chi connectivity index (χ2v) is 9.65. The van der Waals surface area contributed by atoms with E-state index in [0.717, 1.165) is 56.6 Å². The van der Waals surface area contributed by atoms with Gasteiger partial charge in [-0.3, -0.25) is 9.59 Å². The van der Waals surface area contributed by atoms with Crippen LogP contribution in [0.2, 0.25) is 0 Å². The van der Waals surface area contributed by atoms with Crippen LogP contribution >= 0.6 is 11.8 Å². The summed E-state index contributed by atoms with van der Waals surface area (Å²) in [7, 11) is 0. The van der Waals surface area contributed by atoms with Crippen LogP contribution < -0.4 is 0 Å². The number of thioether (sulfide) groups is 1. The van der Waals surface area contributed by atoms with Crippen molar-refractivity contribution in [3.63, 3.8) is 0 Å². The second kappa shape index (κ2) is 8.73. The summed E-state index contributed by atoms with van der Waals surface area (Å²) in [6.07, 6.45) is 11.1. The smallest absolute Gasteiger partial charge is 0.246 e. The molecule has 0 bridgehead atoms. The number of hydrogen-bond acceptors (Lipinski definition) is 3. The molecule has 0 N–H and O–H groups in total. The zero-order valence-corrected chi connectivity index (χ0v) is 17.3. The van der Waals surface area contributed by atoms with E-state index in [2.05, 4.69) is 4.90 Å². The molecule has 1 spiro atoms. The third kappa shape index (κ3) is 4.14. The number of nitrogens with zero attached hydrogens (tertiary/aromatic N) is 2. The Balaban J connectivity index is 1.36. The quantitative estimate of drug-likeness (QED) is 0.718. The topological polar surface area (TPSA) is 40.6 Å². The molecule has 4 nitrogen and oxygen atoms in total. The average Bonchev–Trinajstić information content (AvgIpc) is 3.16. The van der Waals surface area contributed by atoms with Gasteiger partial charge in [0.05, 0.1) is 4.87 Å². The molecule has 28 heavy (non-hydrogen) atoms. The van der Waals surface area contributed by atoms with Gasteiger partial charge >= 0.3 is 0 Å². The lowest BCUT2D eigenvalue weighted by Crippen LogP contribution is -2.54. The van der Waals surface area contributed by atoms with Crippen LogP contribution in [0.4, 0.5) is 0 Å². The number of hydrogen-bond donors (Lipinski definition) is 0. The van der Waals surface area contributed by atoms with Crippen LogP contribution in [0.15, 0.2) is 36.4 Å². The average molecular weight is 399 g/mol. The first kappa shape index (κ1) is 19.6. The molecule has 0 radical (unpaired) electrons. The summed E-state index contributed by atoms with van der Waals surface area (Å²) in [5, 5.41) is 0. The van der Waals surface area contributed by atoms with Crippen molar-refractivity contribution in [2.24, 2.45) is 5.92 Å². The molecule has 2 amide bonds. The molecule has 1 aliphatic carbocycles. The largest absolute Gasteiger partial charge is 0.339 e. The Morgan fingerprint density at radius 1 is 1.00 bits per heavy atom. The van der Waals surface area contributed by atoms with Crippen molar-refractivity contribution in [3.05, 3.63) is 42.0 Å². The lowest BCUT2D eigenvalue weighted by atomic mass is 9.87. The minimum Gasteiger partial charge on any atom is -0.339 e. The van der Waals surface area contributed by atoms with Crippen molar-refractivity contribution < 1.29 is 9.59 Å². The molecule has 2 heterocycles. The van der Waals surface area contributed by atoms with E-state index < -0.39 is 0 Å². The van der Waals surface area contributed by atoms with Gasteiger partial charge in [-0.25, -0.2) is 0 Å². The Bertz CT molecular complexity index is 719. The van der Waals surface area contributed by atoms with Gasteiger partial charge in [0.2, 0.25) is 11.8 Å². The zero-order valence-electron chi connectivity index (χ0n) is 16.5. The van der Waals surface area contributed by atoms with Gasteiger partial charge in [-0.15, -0.1) is 11.8 Å². The summed E-state index contributed by atoms with van der Waals surface area (Å²) in [4.78, 5) is 29.8. The standard InChI is InChI=1S/C23H30N2O2S/c26-21(12-11-19-7-3-1-4-8-19)24-15-13-23(14-16-24)25(17-18-28-23)22(27)20-9-5-2-6-10-20/h1,3-4,7-8,11-12,20H,2,5-6,9-10,13-18H2/b12-11+. The van der Waals surface area contributed by atoms with Crippen LogP contribution in [0, 0.1) is 5.92 Å². The van der Waals surface area contributed by atoms with Gasteiger partial charge in [-0.05, 0) is 37.3 Å². The van der Waals surface area contributed by atoms with Crippen molar-refractivity contribution in [1.82, 2.24) is 9.80 Å². The Labute approximate surface area is 172 Å². The molecule has 2 saturated heterocycles. The number of amides is 2. The molecule has 1 aromatic rings. The van der Waals surface area contributed by atoms with E-state index in [-0.39, 0.29) is 16.7 Å². The maximum absolute atomic E-state index is 13.2. The van der Waals surface area contributed by atoms with E-state index in [1.54, 1.807) is 6.08 Å². The Morgan fingerprint density at radius 3 is 2.43 bits per heavy atom. The predicted molar refractivity (Wildman–Crippen MR) is 115 cm³/mol. The number of rotatable bonds is 3. The van der Waals surface area contributed by atoms with Crippen LogP contribution in [0.5, 0.6) is 0 Å². The van der Waals surface area contributed by atoms with Gasteiger partial charge < -0.3 is 9.80 Å². The third-order valence-corrected chi connectivity index (χ3v) is 8.02. The fourth-order valence-corrected chi connectivity index (χ4v) is 6.28. The fraction of sp³-hybridized carbons (Fsp3) is 0.565. The molecule has 0 unspecified atom stereocenters.